The number of carbonyl (C=O) groups is 1. The number of aromatic nitrogens is 3. The first-order valence-electron chi connectivity index (χ1n) is 4.80. The lowest BCUT2D eigenvalue weighted by Gasteiger charge is -2.03. The van der Waals surface area contributed by atoms with Crippen LogP contribution in [0.2, 0.25) is 0 Å². The molecular formula is C10H12N4O2. The maximum atomic E-state index is 11.0. The number of hydrogen-bond acceptors (Lipinski definition) is 4. The van der Waals surface area contributed by atoms with Crippen molar-refractivity contribution in [1.82, 2.24) is 19.5 Å². The molecule has 0 bridgehead atoms. The number of carboxylic acids is 1. The van der Waals surface area contributed by atoms with E-state index in [1.807, 2.05) is 19.0 Å². The fraction of sp³-hybridized carbons (Fsp3) is 0.300. The maximum Gasteiger partial charge on any atom is 0.339 e. The minimum Gasteiger partial charge on any atom is -0.478 e. The molecule has 0 saturated carbocycles. The lowest BCUT2D eigenvalue weighted by molar-refractivity contribution is 0.0698. The molecule has 6 heteroatoms. The largest absolute Gasteiger partial charge is 0.478 e. The zero-order chi connectivity index (χ0) is 11.7. The first kappa shape index (κ1) is 10.6. The van der Waals surface area contributed by atoms with Crippen LogP contribution in [0.3, 0.4) is 0 Å². The predicted octanol–water partition coefficient (Wildman–Crippen LogP) is 0.489. The summed E-state index contributed by atoms with van der Waals surface area (Å²) in [6.07, 6.45) is 1.69. The molecule has 84 valence electrons. The summed E-state index contributed by atoms with van der Waals surface area (Å²) in [5.41, 5.74) is 0.548. The molecule has 1 N–H and O–H groups in total. The van der Waals surface area contributed by atoms with Gasteiger partial charge in [0.25, 0.3) is 0 Å². The van der Waals surface area contributed by atoms with Crippen LogP contribution in [-0.2, 0) is 6.54 Å². The van der Waals surface area contributed by atoms with Gasteiger partial charge in [0.15, 0.2) is 11.5 Å². The van der Waals surface area contributed by atoms with Crippen LogP contribution in [0.15, 0.2) is 18.3 Å². The molecule has 2 aromatic heterocycles. The van der Waals surface area contributed by atoms with Gasteiger partial charge in [0.2, 0.25) is 0 Å². The van der Waals surface area contributed by atoms with E-state index in [0.29, 0.717) is 18.0 Å². The van der Waals surface area contributed by atoms with Crippen molar-refractivity contribution in [3.63, 3.8) is 0 Å². The van der Waals surface area contributed by atoms with Crippen molar-refractivity contribution < 1.29 is 9.90 Å². The first-order valence-corrected chi connectivity index (χ1v) is 4.80. The quantitative estimate of drug-likeness (QED) is 0.815. The smallest absolute Gasteiger partial charge is 0.339 e. The molecular weight excluding hydrogens is 208 g/mol. The van der Waals surface area contributed by atoms with Gasteiger partial charge in [0.1, 0.15) is 5.56 Å². The third-order valence-corrected chi connectivity index (χ3v) is 2.09. The van der Waals surface area contributed by atoms with Crippen LogP contribution in [0.25, 0.3) is 5.65 Å². The summed E-state index contributed by atoms with van der Waals surface area (Å²) in [7, 11) is 3.81. The Morgan fingerprint density at radius 1 is 1.56 bits per heavy atom. The normalized spacial score (nSPS) is 11.2. The van der Waals surface area contributed by atoms with Crippen molar-refractivity contribution in [2.24, 2.45) is 0 Å². The minimum absolute atomic E-state index is 0.167. The number of rotatable bonds is 3. The fourth-order valence-electron chi connectivity index (χ4n) is 1.47. The molecule has 0 unspecified atom stereocenters. The summed E-state index contributed by atoms with van der Waals surface area (Å²) < 4.78 is 1.49. The average molecular weight is 220 g/mol. The second-order valence-electron chi connectivity index (χ2n) is 3.76. The van der Waals surface area contributed by atoms with E-state index in [2.05, 4.69) is 10.1 Å². The molecule has 0 aromatic carbocycles. The highest BCUT2D eigenvalue weighted by Crippen LogP contribution is 2.09. The Kier molecular flexibility index (Phi) is 2.57. The van der Waals surface area contributed by atoms with Crippen molar-refractivity contribution in [2.45, 2.75) is 6.54 Å². The first-order chi connectivity index (χ1) is 7.58. The SMILES string of the molecule is CN(C)Cc1nc2c(C(=O)O)cccn2n1. The predicted molar refractivity (Wildman–Crippen MR) is 57.3 cm³/mol. The Morgan fingerprint density at radius 2 is 2.31 bits per heavy atom. The van der Waals surface area contributed by atoms with Gasteiger partial charge in [0, 0.05) is 6.20 Å². The summed E-state index contributed by atoms with van der Waals surface area (Å²) in [6, 6.07) is 3.16. The van der Waals surface area contributed by atoms with E-state index < -0.39 is 5.97 Å². The van der Waals surface area contributed by atoms with Crippen LogP contribution in [-0.4, -0.2) is 44.7 Å². The van der Waals surface area contributed by atoms with Crippen LogP contribution in [0, 0.1) is 0 Å². The molecule has 0 aliphatic rings. The van der Waals surface area contributed by atoms with Gasteiger partial charge in [-0.2, -0.15) is 0 Å². The highest BCUT2D eigenvalue weighted by Gasteiger charge is 2.12. The lowest BCUT2D eigenvalue weighted by Crippen LogP contribution is -2.11. The van der Waals surface area contributed by atoms with Gasteiger partial charge in [-0.05, 0) is 26.2 Å². The van der Waals surface area contributed by atoms with Crippen molar-refractivity contribution in [1.29, 1.82) is 0 Å². The highest BCUT2D eigenvalue weighted by molar-refractivity contribution is 5.94. The Labute approximate surface area is 92.1 Å². The molecule has 0 spiro atoms. The molecule has 2 rings (SSSR count). The Balaban J connectivity index is 2.52. The summed E-state index contributed by atoms with van der Waals surface area (Å²) in [6.45, 7) is 0.584. The van der Waals surface area contributed by atoms with Gasteiger partial charge in [-0.15, -0.1) is 5.10 Å². The van der Waals surface area contributed by atoms with Gasteiger partial charge in [-0.25, -0.2) is 14.3 Å². The number of hydrogen-bond donors (Lipinski definition) is 1. The molecule has 16 heavy (non-hydrogen) atoms. The van der Waals surface area contributed by atoms with Gasteiger partial charge >= 0.3 is 5.97 Å². The molecule has 2 heterocycles. The molecule has 0 atom stereocenters. The number of pyridine rings is 1. The van der Waals surface area contributed by atoms with Gasteiger partial charge in [0.05, 0.1) is 6.54 Å². The van der Waals surface area contributed by atoms with E-state index in [0.717, 1.165) is 0 Å². The summed E-state index contributed by atoms with van der Waals surface area (Å²) >= 11 is 0. The minimum atomic E-state index is -0.991. The van der Waals surface area contributed by atoms with Crippen LogP contribution in [0.1, 0.15) is 16.2 Å². The van der Waals surface area contributed by atoms with E-state index in [9.17, 15) is 4.79 Å². The zero-order valence-corrected chi connectivity index (χ0v) is 9.08. The van der Waals surface area contributed by atoms with Crippen LogP contribution >= 0.6 is 0 Å². The summed E-state index contributed by atoms with van der Waals surface area (Å²) in [4.78, 5) is 17.1. The molecule has 2 aromatic rings. The molecule has 0 fully saturated rings. The number of carboxylic acid groups (broad SMARTS) is 1. The highest BCUT2D eigenvalue weighted by atomic mass is 16.4. The maximum absolute atomic E-state index is 11.0. The van der Waals surface area contributed by atoms with Gasteiger partial charge < -0.3 is 10.0 Å². The number of aromatic carboxylic acids is 1. The number of nitrogens with zero attached hydrogens (tertiary/aromatic N) is 4. The van der Waals surface area contributed by atoms with Crippen molar-refractivity contribution >= 4 is 11.6 Å². The lowest BCUT2D eigenvalue weighted by atomic mass is 10.3. The Morgan fingerprint density at radius 3 is 2.94 bits per heavy atom. The van der Waals surface area contributed by atoms with Crippen LogP contribution in [0.4, 0.5) is 0 Å². The summed E-state index contributed by atoms with van der Waals surface area (Å²) in [5.74, 6) is -0.381. The second-order valence-corrected chi connectivity index (χ2v) is 3.76. The molecule has 0 aliphatic carbocycles. The topological polar surface area (TPSA) is 70.7 Å². The second kappa shape index (κ2) is 3.90. The molecule has 0 amide bonds. The third kappa shape index (κ3) is 1.87. The number of fused-ring (bicyclic) bond motifs is 1. The third-order valence-electron chi connectivity index (χ3n) is 2.09. The Bertz CT molecular complexity index is 533. The van der Waals surface area contributed by atoms with E-state index in [4.69, 9.17) is 5.11 Å². The summed E-state index contributed by atoms with van der Waals surface area (Å²) in [5, 5.41) is 13.2. The molecule has 0 saturated heterocycles. The standard InChI is InChI=1S/C10H12N4O2/c1-13(2)6-8-11-9-7(10(15)16)4-3-5-14(9)12-8/h3-5H,6H2,1-2H3,(H,15,16). The van der Waals surface area contributed by atoms with Crippen molar-refractivity contribution in [2.75, 3.05) is 14.1 Å². The molecule has 0 aliphatic heterocycles. The fourth-order valence-corrected chi connectivity index (χ4v) is 1.47. The van der Waals surface area contributed by atoms with E-state index in [1.165, 1.54) is 10.6 Å². The van der Waals surface area contributed by atoms with E-state index in [-0.39, 0.29) is 5.56 Å². The Hall–Kier alpha value is -1.95. The van der Waals surface area contributed by atoms with Gasteiger partial charge in [-0.3, -0.25) is 0 Å². The van der Waals surface area contributed by atoms with Crippen LogP contribution in [0.5, 0.6) is 0 Å². The van der Waals surface area contributed by atoms with Gasteiger partial charge in [-0.1, -0.05) is 0 Å². The molecule has 0 radical (unpaired) electrons. The van der Waals surface area contributed by atoms with Crippen molar-refractivity contribution in [3.05, 3.63) is 29.7 Å². The van der Waals surface area contributed by atoms with Crippen LogP contribution < -0.4 is 0 Å². The zero-order valence-electron chi connectivity index (χ0n) is 9.08. The van der Waals surface area contributed by atoms with Crippen molar-refractivity contribution in [3.8, 4) is 0 Å². The monoisotopic (exact) mass is 220 g/mol. The average Bonchev–Trinajstić information content (AvgIpc) is 2.57. The van der Waals surface area contributed by atoms with E-state index >= 15 is 0 Å². The van der Waals surface area contributed by atoms with E-state index in [1.54, 1.807) is 12.3 Å². The molecule has 6 nitrogen and oxygen atoms in total.